The van der Waals surface area contributed by atoms with Crippen molar-refractivity contribution in [1.82, 2.24) is 25.1 Å². The lowest BCUT2D eigenvalue weighted by Crippen LogP contribution is -2.55. The standard InChI is InChI=1S/C19H23N5O5/c25-10-15(22-18(26)14-8-20-11-21-14)19(27)24-5-3-23(4-6-24)9-13-1-2-16-17(7-13)29-12-28-16/h1-2,7-8,11,15,25H,3-6,9-10,12H2,(H,20,21)(H,22,26). The first-order chi connectivity index (χ1) is 14.1. The zero-order chi connectivity index (χ0) is 20.2. The number of imidazole rings is 1. The fraction of sp³-hybridized carbons (Fsp3) is 0.421. The Morgan fingerprint density at radius 2 is 2.00 bits per heavy atom. The van der Waals surface area contributed by atoms with Crippen LogP contribution in [-0.2, 0) is 11.3 Å². The number of ether oxygens (including phenoxy) is 2. The Morgan fingerprint density at radius 3 is 2.72 bits per heavy atom. The summed E-state index contributed by atoms with van der Waals surface area (Å²) in [5.74, 6) is 0.755. The Morgan fingerprint density at radius 1 is 1.21 bits per heavy atom. The molecule has 1 aromatic carbocycles. The number of carbonyl (C=O) groups is 2. The normalized spacial score (nSPS) is 17.2. The van der Waals surface area contributed by atoms with Crippen molar-refractivity contribution in [1.29, 1.82) is 0 Å². The fourth-order valence-corrected chi connectivity index (χ4v) is 3.45. The van der Waals surface area contributed by atoms with Gasteiger partial charge >= 0.3 is 0 Å². The molecule has 0 aliphatic carbocycles. The van der Waals surface area contributed by atoms with Gasteiger partial charge in [-0.05, 0) is 17.7 Å². The largest absolute Gasteiger partial charge is 0.454 e. The molecule has 2 aliphatic heterocycles. The molecule has 2 aromatic rings. The van der Waals surface area contributed by atoms with E-state index in [0.29, 0.717) is 26.2 Å². The molecule has 10 heteroatoms. The number of piperazine rings is 1. The van der Waals surface area contributed by atoms with Crippen LogP contribution >= 0.6 is 0 Å². The summed E-state index contributed by atoms with van der Waals surface area (Å²) in [5.41, 5.74) is 1.36. The highest BCUT2D eigenvalue weighted by molar-refractivity contribution is 5.96. The molecule has 4 rings (SSSR count). The van der Waals surface area contributed by atoms with Crippen LogP contribution in [0, 0.1) is 0 Å². The van der Waals surface area contributed by atoms with E-state index in [9.17, 15) is 14.7 Å². The molecule has 2 amide bonds. The van der Waals surface area contributed by atoms with Gasteiger partial charge in [-0.3, -0.25) is 14.5 Å². The molecule has 0 radical (unpaired) electrons. The van der Waals surface area contributed by atoms with Crippen molar-refractivity contribution in [3.05, 3.63) is 42.0 Å². The third-order valence-electron chi connectivity index (χ3n) is 5.06. The Labute approximate surface area is 167 Å². The summed E-state index contributed by atoms with van der Waals surface area (Å²) in [6.45, 7) is 3.00. The predicted octanol–water partition coefficient (Wildman–Crippen LogP) is -0.426. The maximum absolute atomic E-state index is 12.7. The van der Waals surface area contributed by atoms with E-state index < -0.39 is 18.6 Å². The number of rotatable bonds is 6. The number of fused-ring (bicyclic) bond motifs is 1. The van der Waals surface area contributed by atoms with Gasteiger partial charge in [-0.25, -0.2) is 4.98 Å². The molecule has 1 fully saturated rings. The third kappa shape index (κ3) is 4.33. The van der Waals surface area contributed by atoms with Gasteiger partial charge in [-0.1, -0.05) is 6.07 Å². The van der Waals surface area contributed by atoms with Gasteiger partial charge in [0.2, 0.25) is 12.7 Å². The molecule has 0 bridgehead atoms. The third-order valence-corrected chi connectivity index (χ3v) is 5.06. The second-order valence-electron chi connectivity index (χ2n) is 6.96. The van der Waals surface area contributed by atoms with Crippen molar-refractivity contribution in [2.24, 2.45) is 0 Å². The summed E-state index contributed by atoms with van der Waals surface area (Å²) in [4.78, 5) is 35.2. The minimum Gasteiger partial charge on any atom is -0.454 e. The van der Waals surface area contributed by atoms with Crippen LogP contribution in [0.1, 0.15) is 16.1 Å². The molecule has 154 valence electrons. The van der Waals surface area contributed by atoms with Gasteiger partial charge in [0.25, 0.3) is 5.91 Å². The zero-order valence-corrected chi connectivity index (χ0v) is 15.8. The van der Waals surface area contributed by atoms with Crippen LogP contribution in [0.2, 0.25) is 0 Å². The van der Waals surface area contributed by atoms with Crippen LogP contribution in [0.5, 0.6) is 11.5 Å². The zero-order valence-electron chi connectivity index (χ0n) is 15.8. The van der Waals surface area contributed by atoms with E-state index in [-0.39, 0.29) is 18.4 Å². The highest BCUT2D eigenvalue weighted by Gasteiger charge is 2.29. The van der Waals surface area contributed by atoms with E-state index in [0.717, 1.165) is 23.6 Å². The van der Waals surface area contributed by atoms with Gasteiger partial charge in [-0.15, -0.1) is 0 Å². The second-order valence-corrected chi connectivity index (χ2v) is 6.96. The highest BCUT2D eigenvalue weighted by atomic mass is 16.7. The number of aromatic amines is 1. The van der Waals surface area contributed by atoms with E-state index in [2.05, 4.69) is 20.2 Å². The fourth-order valence-electron chi connectivity index (χ4n) is 3.45. The number of amides is 2. The Bertz CT molecular complexity index is 864. The summed E-state index contributed by atoms with van der Waals surface area (Å²) < 4.78 is 10.7. The minimum atomic E-state index is -0.980. The number of nitrogens with one attached hydrogen (secondary N) is 2. The first-order valence-corrected chi connectivity index (χ1v) is 9.44. The molecule has 1 atom stereocenters. The average molecular weight is 401 g/mol. The number of aromatic nitrogens is 2. The quantitative estimate of drug-likeness (QED) is 0.601. The number of carbonyl (C=O) groups excluding carboxylic acids is 2. The lowest BCUT2D eigenvalue weighted by Gasteiger charge is -2.36. The topological polar surface area (TPSA) is 120 Å². The molecule has 0 spiro atoms. The molecule has 3 N–H and O–H groups in total. The number of hydrogen-bond donors (Lipinski definition) is 3. The number of aliphatic hydroxyl groups excluding tert-OH is 1. The molecule has 1 saturated heterocycles. The van der Waals surface area contributed by atoms with E-state index in [1.165, 1.54) is 12.5 Å². The van der Waals surface area contributed by atoms with E-state index in [1.54, 1.807) is 4.90 Å². The minimum absolute atomic E-state index is 0.241. The average Bonchev–Trinajstić information content (AvgIpc) is 3.43. The number of hydrogen-bond acceptors (Lipinski definition) is 7. The van der Waals surface area contributed by atoms with Gasteiger partial charge in [0.05, 0.1) is 19.1 Å². The molecule has 1 unspecified atom stereocenters. The molecular weight excluding hydrogens is 378 g/mol. The molecule has 1 aromatic heterocycles. The SMILES string of the molecule is O=C(NC(CO)C(=O)N1CCN(Cc2ccc3c(c2)OCO3)CC1)c1cnc[nH]1. The molecule has 3 heterocycles. The number of H-pyrrole nitrogens is 1. The van der Waals surface area contributed by atoms with Crippen molar-refractivity contribution in [2.45, 2.75) is 12.6 Å². The monoisotopic (exact) mass is 401 g/mol. The summed E-state index contributed by atoms with van der Waals surface area (Å²) in [6.07, 6.45) is 2.74. The van der Waals surface area contributed by atoms with Crippen LogP contribution in [0.4, 0.5) is 0 Å². The van der Waals surface area contributed by atoms with Crippen molar-refractivity contribution >= 4 is 11.8 Å². The van der Waals surface area contributed by atoms with Gasteiger partial charge in [-0.2, -0.15) is 0 Å². The maximum Gasteiger partial charge on any atom is 0.270 e. The van der Waals surface area contributed by atoms with E-state index >= 15 is 0 Å². The van der Waals surface area contributed by atoms with Crippen LogP contribution in [0.15, 0.2) is 30.7 Å². The highest BCUT2D eigenvalue weighted by Crippen LogP contribution is 2.32. The summed E-state index contributed by atoms with van der Waals surface area (Å²) >= 11 is 0. The predicted molar refractivity (Wildman–Crippen MR) is 101 cm³/mol. The van der Waals surface area contributed by atoms with Crippen LogP contribution in [0.3, 0.4) is 0 Å². The second kappa shape index (κ2) is 8.50. The molecule has 0 saturated carbocycles. The van der Waals surface area contributed by atoms with Gasteiger partial charge in [0, 0.05) is 32.7 Å². The lowest BCUT2D eigenvalue weighted by molar-refractivity contribution is -0.136. The molecular formula is C19H23N5O5. The van der Waals surface area contributed by atoms with Crippen LogP contribution in [0.25, 0.3) is 0 Å². The molecule has 2 aliphatic rings. The van der Waals surface area contributed by atoms with Crippen LogP contribution in [-0.4, -0.2) is 82.3 Å². The summed E-state index contributed by atoms with van der Waals surface area (Å²) in [6, 6.07) is 4.92. The smallest absolute Gasteiger partial charge is 0.270 e. The first kappa shape index (κ1) is 19.2. The Balaban J connectivity index is 1.29. The Hall–Kier alpha value is -3.11. The summed E-state index contributed by atoms with van der Waals surface area (Å²) in [5, 5.41) is 12.1. The Kier molecular flexibility index (Phi) is 5.63. The maximum atomic E-state index is 12.7. The number of nitrogens with zero attached hydrogens (tertiary/aromatic N) is 3. The van der Waals surface area contributed by atoms with E-state index in [4.69, 9.17) is 9.47 Å². The van der Waals surface area contributed by atoms with Crippen molar-refractivity contribution in [3.63, 3.8) is 0 Å². The van der Waals surface area contributed by atoms with Gasteiger partial charge in [0.15, 0.2) is 11.5 Å². The van der Waals surface area contributed by atoms with Gasteiger partial charge in [0.1, 0.15) is 11.7 Å². The number of aliphatic hydroxyl groups is 1. The van der Waals surface area contributed by atoms with Gasteiger partial charge < -0.3 is 29.8 Å². The molecule has 29 heavy (non-hydrogen) atoms. The van der Waals surface area contributed by atoms with Crippen LogP contribution < -0.4 is 14.8 Å². The van der Waals surface area contributed by atoms with E-state index in [1.807, 2.05) is 18.2 Å². The summed E-state index contributed by atoms with van der Waals surface area (Å²) in [7, 11) is 0. The van der Waals surface area contributed by atoms with Crippen molar-refractivity contribution < 1.29 is 24.2 Å². The first-order valence-electron chi connectivity index (χ1n) is 9.44. The van der Waals surface area contributed by atoms with Crippen molar-refractivity contribution in [3.8, 4) is 11.5 Å². The van der Waals surface area contributed by atoms with Crippen molar-refractivity contribution in [2.75, 3.05) is 39.6 Å². The lowest BCUT2D eigenvalue weighted by atomic mass is 10.1. The number of benzene rings is 1. The molecule has 10 nitrogen and oxygen atoms in total.